The Morgan fingerprint density at radius 2 is 1.81 bits per heavy atom. The number of rotatable bonds is 6. The summed E-state index contributed by atoms with van der Waals surface area (Å²) in [5.41, 5.74) is 2.04. The molecule has 0 atom stereocenters. The molecule has 6 nitrogen and oxygen atoms in total. The Morgan fingerprint density at radius 1 is 1.03 bits per heavy atom. The van der Waals surface area contributed by atoms with E-state index in [2.05, 4.69) is 14.8 Å². The molecule has 0 bridgehead atoms. The highest BCUT2D eigenvalue weighted by Gasteiger charge is 2.26. The lowest BCUT2D eigenvalue weighted by atomic mass is 10.0. The Kier molecular flexibility index (Phi) is 6.22. The molecule has 0 amide bonds. The fraction of sp³-hybridized carbons (Fsp3) is 0.500. The minimum Gasteiger partial charge on any atom is -0.497 e. The number of aromatic nitrogens is 2. The molecule has 2 aliphatic rings. The Labute approximate surface area is 187 Å². The van der Waals surface area contributed by atoms with Crippen LogP contribution in [0.1, 0.15) is 37.7 Å². The summed E-state index contributed by atoms with van der Waals surface area (Å²) in [6.07, 6.45) is 8.46. The number of benzene rings is 1. The Bertz CT molecular complexity index is 992. The first kappa shape index (κ1) is 20.5. The van der Waals surface area contributed by atoms with E-state index in [-0.39, 0.29) is 0 Å². The van der Waals surface area contributed by atoms with Gasteiger partial charge in [-0.3, -0.25) is 0 Å². The van der Waals surface area contributed by atoms with Crippen LogP contribution in [0.4, 0.5) is 5.13 Å². The zero-order valence-electron chi connectivity index (χ0n) is 18.1. The van der Waals surface area contributed by atoms with Crippen LogP contribution in [0.2, 0.25) is 0 Å². The maximum atomic E-state index is 5.92. The third-order valence-electron chi connectivity index (χ3n) is 6.43. The van der Waals surface area contributed by atoms with E-state index in [1.165, 1.54) is 45.2 Å². The molecule has 0 saturated carbocycles. The number of thiazole rings is 1. The number of likely N-dealkylation sites (tertiary alicyclic amines) is 1. The first-order valence-corrected chi connectivity index (χ1v) is 12.1. The Hall–Kier alpha value is -2.38. The molecule has 3 aromatic rings. The van der Waals surface area contributed by atoms with E-state index in [1.54, 1.807) is 18.4 Å². The highest BCUT2D eigenvalue weighted by atomic mass is 32.1. The first-order valence-electron chi connectivity index (χ1n) is 11.3. The third kappa shape index (κ3) is 4.77. The van der Waals surface area contributed by atoms with Gasteiger partial charge in [0.15, 0.2) is 5.13 Å². The maximum Gasteiger partial charge on any atom is 0.215 e. The summed E-state index contributed by atoms with van der Waals surface area (Å²) in [5, 5.41) is 1.11. The molecule has 1 aromatic carbocycles. The van der Waals surface area contributed by atoms with Gasteiger partial charge in [0.25, 0.3) is 0 Å². The maximum absolute atomic E-state index is 5.92. The van der Waals surface area contributed by atoms with Gasteiger partial charge in [-0.1, -0.05) is 29.9 Å². The third-order valence-corrected chi connectivity index (χ3v) is 7.51. The minimum atomic E-state index is 0.484. The molecule has 2 aromatic heterocycles. The molecule has 7 heteroatoms. The number of nitrogens with zero attached hydrogens (tertiary/aromatic N) is 4. The second-order valence-corrected chi connectivity index (χ2v) is 9.45. The van der Waals surface area contributed by atoms with Crippen molar-refractivity contribution < 1.29 is 9.47 Å². The summed E-state index contributed by atoms with van der Waals surface area (Å²) in [4.78, 5) is 14.5. The van der Waals surface area contributed by atoms with E-state index < -0.39 is 0 Å². The second-order valence-electron chi connectivity index (χ2n) is 8.44. The predicted molar refractivity (Wildman–Crippen MR) is 125 cm³/mol. The van der Waals surface area contributed by atoms with E-state index in [1.807, 2.05) is 36.5 Å². The fourth-order valence-electron chi connectivity index (χ4n) is 4.60. The lowest BCUT2D eigenvalue weighted by molar-refractivity contribution is 0.141. The molecule has 2 fully saturated rings. The van der Waals surface area contributed by atoms with Crippen LogP contribution in [0.3, 0.4) is 0 Å². The van der Waals surface area contributed by atoms with Crippen molar-refractivity contribution in [3.05, 3.63) is 42.1 Å². The molecular formula is C24H30N4O2S. The number of hydrogen-bond donors (Lipinski definition) is 0. The SMILES string of the molecule is COc1ccc(COc2cc3sc(N4CCC(N5CCCCC5)CC4)nc3cn2)cc1. The highest BCUT2D eigenvalue weighted by molar-refractivity contribution is 7.22. The monoisotopic (exact) mass is 438 g/mol. The van der Waals surface area contributed by atoms with Crippen molar-refractivity contribution in [2.24, 2.45) is 0 Å². The number of hydrogen-bond acceptors (Lipinski definition) is 7. The summed E-state index contributed by atoms with van der Waals surface area (Å²) in [6, 6.07) is 10.7. The quantitative estimate of drug-likeness (QED) is 0.554. The molecule has 0 radical (unpaired) electrons. The minimum absolute atomic E-state index is 0.484. The van der Waals surface area contributed by atoms with Crippen molar-refractivity contribution in [3.63, 3.8) is 0 Å². The van der Waals surface area contributed by atoms with Gasteiger partial charge in [0, 0.05) is 25.2 Å². The molecule has 0 spiro atoms. The van der Waals surface area contributed by atoms with Crippen LogP contribution < -0.4 is 14.4 Å². The van der Waals surface area contributed by atoms with Crippen LogP contribution in [0, 0.1) is 0 Å². The molecule has 2 saturated heterocycles. The number of methoxy groups -OCH3 is 1. The standard InChI is InChI=1S/C24H30N4O2S/c1-29-20-7-5-18(6-8-20)17-30-23-15-22-21(16-25-23)26-24(31-22)28-13-9-19(10-14-28)27-11-3-2-4-12-27/h5-8,15-16,19H,2-4,9-14,17H2,1H3. The van der Waals surface area contributed by atoms with E-state index in [0.717, 1.165) is 45.8 Å². The Morgan fingerprint density at radius 3 is 2.55 bits per heavy atom. The summed E-state index contributed by atoms with van der Waals surface area (Å²) < 4.78 is 12.3. The normalized spacial score (nSPS) is 18.4. The molecule has 31 heavy (non-hydrogen) atoms. The summed E-state index contributed by atoms with van der Waals surface area (Å²) in [7, 11) is 1.67. The lowest BCUT2D eigenvalue weighted by Crippen LogP contribution is -2.46. The second kappa shape index (κ2) is 9.40. The molecule has 0 aliphatic carbocycles. The van der Waals surface area contributed by atoms with Crippen LogP contribution in [-0.4, -0.2) is 54.2 Å². The highest BCUT2D eigenvalue weighted by Crippen LogP contribution is 2.33. The van der Waals surface area contributed by atoms with Crippen molar-refractivity contribution in [2.45, 2.75) is 44.8 Å². The van der Waals surface area contributed by atoms with Gasteiger partial charge in [-0.05, 0) is 56.5 Å². The zero-order valence-corrected chi connectivity index (χ0v) is 18.9. The van der Waals surface area contributed by atoms with E-state index in [0.29, 0.717) is 12.5 Å². The summed E-state index contributed by atoms with van der Waals surface area (Å²) >= 11 is 1.75. The van der Waals surface area contributed by atoms with Gasteiger partial charge in [-0.2, -0.15) is 0 Å². The van der Waals surface area contributed by atoms with Crippen LogP contribution in [0.15, 0.2) is 36.5 Å². The molecule has 4 heterocycles. The van der Waals surface area contributed by atoms with Crippen molar-refractivity contribution in [2.75, 3.05) is 38.2 Å². The smallest absolute Gasteiger partial charge is 0.215 e. The van der Waals surface area contributed by atoms with Gasteiger partial charge in [-0.25, -0.2) is 9.97 Å². The number of fused-ring (bicyclic) bond motifs is 1. The Balaban J connectivity index is 1.20. The molecule has 2 aliphatic heterocycles. The van der Waals surface area contributed by atoms with Gasteiger partial charge in [0.1, 0.15) is 17.9 Å². The van der Waals surface area contributed by atoms with Crippen molar-refractivity contribution in [3.8, 4) is 11.6 Å². The molecule has 0 N–H and O–H groups in total. The van der Waals surface area contributed by atoms with Gasteiger partial charge < -0.3 is 19.3 Å². The van der Waals surface area contributed by atoms with Crippen LogP contribution >= 0.6 is 11.3 Å². The van der Waals surface area contributed by atoms with Gasteiger partial charge in [-0.15, -0.1) is 0 Å². The van der Waals surface area contributed by atoms with Crippen LogP contribution in [0.25, 0.3) is 10.2 Å². The van der Waals surface area contributed by atoms with Crippen LogP contribution in [-0.2, 0) is 6.61 Å². The number of pyridine rings is 1. The number of piperidine rings is 2. The first-order chi connectivity index (χ1) is 15.3. The summed E-state index contributed by atoms with van der Waals surface area (Å²) in [5.74, 6) is 1.49. The molecule has 0 unspecified atom stereocenters. The predicted octanol–water partition coefficient (Wildman–Crippen LogP) is 4.73. The molecular weight excluding hydrogens is 408 g/mol. The van der Waals surface area contributed by atoms with Crippen LogP contribution in [0.5, 0.6) is 11.6 Å². The zero-order chi connectivity index (χ0) is 21.0. The number of anilines is 1. The topological polar surface area (TPSA) is 50.7 Å². The van der Waals surface area contributed by atoms with E-state index >= 15 is 0 Å². The average Bonchev–Trinajstić information content (AvgIpc) is 3.27. The van der Waals surface area contributed by atoms with E-state index in [4.69, 9.17) is 14.5 Å². The molecule has 164 valence electrons. The van der Waals surface area contributed by atoms with Gasteiger partial charge in [0.2, 0.25) is 5.88 Å². The number of ether oxygens (including phenoxy) is 2. The van der Waals surface area contributed by atoms with Gasteiger partial charge >= 0.3 is 0 Å². The van der Waals surface area contributed by atoms with Crippen molar-refractivity contribution in [1.29, 1.82) is 0 Å². The van der Waals surface area contributed by atoms with E-state index in [9.17, 15) is 0 Å². The van der Waals surface area contributed by atoms with Gasteiger partial charge in [0.05, 0.1) is 18.0 Å². The largest absolute Gasteiger partial charge is 0.497 e. The lowest BCUT2D eigenvalue weighted by Gasteiger charge is -2.40. The fourth-order valence-corrected chi connectivity index (χ4v) is 5.62. The van der Waals surface area contributed by atoms with Crippen molar-refractivity contribution >= 4 is 26.7 Å². The van der Waals surface area contributed by atoms with Crippen molar-refractivity contribution in [1.82, 2.24) is 14.9 Å². The molecule has 5 rings (SSSR count). The summed E-state index contributed by atoms with van der Waals surface area (Å²) in [6.45, 7) is 5.25. The average molecular weight is 439 g/mol.